The van der Waals surface area contributed by atoms with Crippen molar-refractivity contribution in [2.75, 3.05) is 0 Å². The number of hydrogen-bond donors (Lipinski definition) is 2. The van der Waals surface area contributed by atoms with E-state index in [1.165, 1.54) is 0 Å². The molecule has 6 nitrogen and oxygen atoms in total. The van der Waals surface area contributed by atoms with E-state index >= 15 is 0 Å². The molecule has 6 heteroatoms. The first-order valence-corrected chi connectivity index (χ1v) is 4.56. The maximum atomic E-state index is 10.8. The quantitative estimate of drug-likeness (QED) is 0.582. The number of aromatic carboxylic acids is 1. The van der Waals surface area contributed by atoms with Crippen molar-refractivity contribution in [3.8, 4) is 0 Å². The van der Waals surface area contributed by atoms with Crippen LogP contribution in [0, 0.1) is 10.1 Å². The number of carboxylic acid groups (broad SMARTS) is 1. The minimum absolute atomic E-state index is 0.359. The van der Waals surface area contributed by atoms with Crippen molar-refractivity contribution in [3.05, 3.63) is 58.1 Å². The van der Waals surface area contributed by atoms with E-state index in [0.29, 0.717) is 5.56 Å². The summed E-state index contributed by atoms with van der Waals surface area (Å²) in [5.74, 6) is -0.878. The summed E-state index contributed by atoms with van der Waals surface area (Å²) < 4.78 is 0. The smallest absolute Gasteiger partial charge is 0.336 e. The number of rotatable bonds is 1. The van der Waals surface area contributed by atoms with Crippen LogP contribution in [0.4, 0.5) is 0 Å². The fourth-order valence-corrected chi connectivity index (χ4v) is 1.41. The lowest BCUT2D eigenvalue weighted by molar-refractivity contribution is -0.742. The molecule has 0 saturated heterocycles. The molecule has 0 fully saturated rings. The topological polar surface area (TPSA) is 101 Å². The van der Waals surface area contributed by atoms with Crippen molar-refractivity contribution in [3.63, 3.8) is 0 Å². The molecule has 88 valence electrons. The zero-order chi connectivity index (χ0) is 12.8. The second-order valence-corrected chi connectivity index (χ2v) is 3.07. The maximum Gasteiger partial charge on any atom is 0.336 e. The Morgan fingerprint density at radius 2 is 1.65 bits per heavy atom. The van der Waals surface area contributed by atoms with Crippen LogP contribution >= 0.6 is 0 Å². The zero-order valence-electron chi connectivity index (χ0n) is 8.61. The summed E-state index contributed by atoms with van der Waals surface area (Å²) in [6.07, 6.45) is 0. The zero-order valence-corrected chi connectivity index (χ0v) is 8.61. The average molecular weight is 235 g/mol. The molecular weight excluding hydrogens is 226 g/mol. The third-order valence-electron chi connectivity index (χ3n) is 2.02. The van der Waals surface area contributed by atoms with Crippen molar-refractivity contribution >= 4 is 16.7 Å². The van der Waals surface area contributed by atoms with Gasteiger partial charge in [0.25, 0.3) is 5.09 Å². The van der Waals surface area contributed by atoms with E-state index in [-0.39, 0.29) is 0 Å². The first kappa shape index (κ1) is 12.4. The van der Waals surface area contributed by atoms with Crippen LogP contribution in [-0.4, -0.2) is 21.4 Å². The molecule has 0 atom stereocenters. The normalized spacial score (nSPS) is 9.18. The number of carbonyl (C=O) groups is 1. The molecule has 0 aliphatic rings. The van der Waals surface area contributed by atoms with Gasteiger partial charge in [-0.15, -0.1) is 10.1 Å². The van der Waals surface area contributed by atoms with Gasteiger partial charge in [-0.2, -0.15) is 0 Å². The molecule has 2 rings (SSSR count). The Morgan fingerprint density at radius 1 is 1.12 bits per heavy atom. The summed E-state index contributed by atoms with van der Waals surface area (Å²) in [5.41, 5.74) is 0.359. The molecule has 2 N–H and O–H groups in total. The van der Waals surface area contributed by atoms with E-state index in [4.69, 9.17) is 20.4 Å². The highest BCUT2D eigenvalue weighted by atomic mass is 16.9. The minimum atomic E-state index is -1.50. The number of nitrogens with zero attached hydrogens (tertiary/aromatic N) is 1. The summed E-state index contributed by atoms with van der Waals surface area (Å²) in [7, 11) is 0. The summed E-state index contributed by atoms with van der Waals surface area (Å²) >= 11 is 0. The average Bonchev–Trinajstić information content (AvgIpc) is 2.27. The Hall–Kier alpha value is -2.63. The highest BCUT2D eigenvalue weighted by molar-refractivity contribution is 6.03. The second-order valence-electron chi connectivity index (χ2n) is 3.07. The van der Waals surface area contributed by atoms with E-state index in [1.54, 1.807) is 12.1 Å². The molecule has 0 aromatic heterocycles. The Kier molecular flexibility index (Phi) is 3.99. The molecule has 2 aromatic carbocycles. The molecule has 0 amide bonds. The molecule has 0 spiro atoms. The first-order chi connectivity index (χ1) is 8.02. The highest BCUT2D eigenvalue weighted by Gasteiger charge is 2.05. The Labute approximate surface area is 95.8 Å². The van der Waals surface area contributed by atoms with Crippen LogP contribution in [0.25, 0.3) is 10.8 Å². The van der Waals surface area contributed by atoms with E-state index in [0.717, 1.165) is 10.8 Å². The monoisotopic (exact) mass is 235 g/mol. The van der Waals surface area contributed by atoms with Gasteiger partial charge in [-0.05, 0) is 16.8 Å². The van der Waals surface area contributed by atoms with Crippen molar-refractivity contribution in [2.24, 2.45) is 0 Å². The van der Waals surface area contributed by atoms with Crippen molar-refractivity contribution in [2.45, 2.75) is 0 Å². The van der Waals surface area contributed by atoms with Gasteiger partial charge in [0.05, 0.1) is 5.56 Å². The van der Waals surface area contributed by atoms with Crippen LogP contribution in [0.2, 0.25) is 0 Å². The predicted molar refractivity (Wildman–Crippen MR) is 59.7 cm³/mol. The third-order valence-corrected chi connectivity index (χ3v) is 2.02. The second kappa shape index (κ2) is 5.45. The molecule has 0 bridgehead atoms. The lowest BCUT2D eigenvalue weighted by atomic mass is 10.1. The Morgan fingerprint density at radius 3 is 2.24 bits per heavy atom. The Balaban J connectivity index is 0.000000317. The van der Waals surface area contributed by atoms with E-state index in [9.17, 15) is 4.79 Å². The number of fused-ring (bicyclic) bond motifs is 1. The van der Waals surface area contributed by atoms with E-state index in [1.807, 2.05) is 30.3 Å². The van der Waals surface area contributed by atoms with E-state index in [2.05, 4.69) is 0 Å². The highest BCUT2D eigenvalue weighted by Crippen LogP contribution is 2.17. The molecule has 0 aliphatic heterocycles. The lowest BCUT2D eigenvalue weighted by Gasteiger charge is -2.00. The first-order valence-electron chi connectivity index (χ1n) is 4.56. The van der Waals surface area contributed by atoms with Gasteiger partial charge < -0.3 is 10.3 Å². The van der Waals surface area contributed by atoms with E-state index < -0.39 is 11.1 Å². The number of benzene rings is 2. The van der Waals surface area contributed by atoms with Gasteiger partial charge in [-0.3, -0.25) is 0 Å². The Bertz CT molecular complexity index is 543. The SMILES string of the molecule is O=C(O)c1cccc2ccccc12.O=[N+]([O-])O. The fraction of sp³-hybridized carbons (Fsp3) is 0. The van der Waals surface area contributed by atoms with Crippen molar-refractivity contribution < 1.29 is 20.2 Å². The molecule has 0 radical (unpaired) electrons. The molecular formula is C11H9NO5. The number of hydrogen-bond acceptors (Lipinski definition) is 3. The van der Waals surface area contributed by atoms with Crippen molar-refractivity contribution in [1.29, 1.82) is 0 Å². The molecule has 0 unspecified atom stereocenters. The number of carboxylic acids is 1. The van der Waals surface area contributed by atoms with Crippen LogP contribution in [0.1, 0.15) is 10.4 Å². The summed E-state index contributed by atoms with van der Waals surface area (Å²) in [5, 5.41) is 24.3. The van der Waals surface area contributed by atoms with Crippen LogP contribution < -0.4 is 0 Å². The van der Waals surface area contributed by atoms with Crippen molar-refractivity contribution in [1.82, 2.24) is 0 Å². The maximum absolute atomic E-state index is 10.8. The van der Waals surface area contributed by atoms with Crippen LogP contribution in [-0.2, 0) is 0 Å². The molecule has 2 aromatic rings. The third kappa shape index (κ3) is 3.45. The van der Waals surface area contributed by atoms with Gasteiger partial charge in [0.2, 0.25) is 0 Å². The van der Waals surface area contributed by atoms with Gasteiger partial charge >= 0.3 is 5.97 Å². The minimum Gasteiger partial charge on any atom is -0.478 e. The lowest BCUT2D eigenvalue weighted by Crippen LogP contribution is -1.96. The summed E-state index contributed by atoms with van der Waals surface area (Å²) in [4.78, 5) is 19.2. The summed E-state index contributed by atoms with van der Waals surface area (Å²) in [6, 6.07) is 12.7. The van der Waals surface area contributed by atoms with Gasteiger partial charge in [0.1, 0.15) is 0 Å². The van der Waals surface area contributed by atoms with Gasteiger partial charge in [-0.25, -0.2) is 4.79 Å². The summed E-state index contributed by atoms with van der Waals surface area (Å²) in [6.45, 7) is 0. The van der Waals surface area contributed by atoms with Crippen LogP contribution in [0.3, 0.4) is 0 Å². The van der Waals surface area contributed by atoms with Crippen LogP contribution in [0.5, 0.6) is 0 Å². The molecule has 0 heterocycles. The van der Waals surface area contributed by atoms with Gasteiger partial charge in [0.15, 0.2) is 0 Å². The van der Waals surface area contributed by atoms with Gasteiger partial charge in [-0.1, -0.05) is 36.4 Å². The molecule has 17 heavy (non-hydrogen) atoms. The molecule has 0 saturated carbocycles. The largest absolute Gasteiger partial charge is 0.478 e. The molecule has 0 aliphatic carbocycles. The standard InChI is InChI=1S/C11H8O2.HNO3/c12-11(13)10-7-3-5-8-4-1-2-6-9(8)10;2-1(3)4/h1-7H,(H,12,13);(H,2,3,4). The fourth-order valence-electron chi connectivity index (χ4n) is 1.41. The van der Waals surface area contributed by atoms with Gasteiger partial charge in [0, 0.05) is 0 Å². The van der Waals surface area contributed by atoms with Crippen LogP contribution in [0.15, 0.2) is 42.5 Å². The predicted octanol–water partition coefficient (Wildman–Crippen LogP) is 2.19.